The number of hydrogen-bond donors (Lipinski definition) is 0. The van der Waals surface area contributed by atoms with Gasteiger partial charge in [0.2, 0.25) is 6.54 Å². The fraction of sp³-hybridized carbons (Fsp3) is 0.278. The van der Waals surface area contributed by atoms with E-state index in [0.29, 0.717) is 22.4 Å². The van der Waals surface area contributed by atoms with E-state index in [0.717, 1.165) is 6.07 Å². The molecule has 0 saturated carbocycles. The monoisotopic (exact) mass is 392 g/mol. The number of ketones is 1. The van der Waals surface area contributed by atoms with Crippen LogP contribution in [0.4, 0.5) is 5.69 Å². The van der Waals surface area contributed by atoms with Crippen LogP contribution < -0.4 is 4.74 Å². The molecule has 0 N–H and O–H groups in total. The number of nitro benzene ring substituents is 1. The second kappa shape index (κ2) is 7.71. The van der Waals surface area contributed by atoms with Gasteiger partial charge in [-0.1, -0.05) is 11.6 Å². The Morgan fingerprint density at radius 3 is 2.26 bits per heavy atom. The van der Waals surface area contributed by atoms with E-state index in [1.54, 1.807) is 20.8 Å². The number of rotatable bonds is 6. The van der Waals surface area contributed by atoms with Crippen molar-refractivity contribution in [1.29, 1.82) is 0 Å². The van der Waals surface area contributed by atoms with Gasteiger partial charge >= 0.3 is 0 Å². The van der Waals surface area contributed by atoms with E-state index in [-0.39, 0.29) is 27.4 Å². The third kappa shape index (κ3) is 3.75. The fourth-order valence-electron chi connectivity index (χ4n) is 3.07. The third-order valence-electron chi connectivity index (χ3n) is 4.50. The smallest absolute Gasteiger partial charge is 0.270 e. The molecular formula is C18H17ClN2O6. The van der Waals surface area contributed by atoms with Gasteiger partial charge in [0, 0.05) is 39.3 Å². The second-order valence-corrected chi connectivity index (χ2v) is 6.41. The van der Waals surface area contributed by atoms with Gasteiger partial charge in [-0.3, -0.25) is 25.0 Å². The fourth-order valence-corrected chi connectivity index (χ4v) is 3.27. The lowest BCUT2D eigenvalue weighted by Crippen LogP contribution is -2.15. The molecule has 142 valence electrons. The van der Waals surface area contributed by atoms with Crippen LogP contribution in [0.5, 0.6) is 5.75 Å². The lowest BCUT2D eigenvalue weighted by atomic mass is 9.87. The second-order valence-electron chi connectivity index (χ2n) is 6.00. The SMILES string of the molecule is COc1c(C)c(C)c(C(=O)c2cc([N+](=O)[O-])ccc2Cl)c(C[N+](=O)[O-])c1C. The number of benzene rings is 2. The van der Waals surface area contributed by atoms with Gasteiger partial charge in [-0.25, -0.2) is 0 Å². The first kappa shape index (κ1) is 20.3. The summed E-state index contributed by atoms with van der Waals surface area (Å²) < 4.78 is 5.34. The van der Waals surface area contributed by atoms with E-state index < -0.39 is 22.2 Å². The highest BCUT2D eigenvalue weighted by molar-refractivity contribution is 6.35. The average molecular weight is 393 g/mol. The van der Waals surface area contributed by atoms with E-state index >= 15 is 0 Å². The van der Waals surface area contributed by atoms with Crippen LogP contribution in [0.1, 0.15) is 38.2 Å². The molecule has 0 radical (unpaired) electrons. The lowest BCUT2D eigenvalue weighted by Gasteiger charge is -2.19. The molecule has 0 bridgehead atoms. The molecule has 8 nitrogen and oxygen atoms in total. The average Bonchev–Trinajstić information content (AvgIpc) is 2.59. The van der Waals surface area contributed by atoms with Crippen LogP contribution in [0, 0.1) is 41.0 Å². The molecule has 0 amide bonds. The lowest BCUT2D eigenvalue weighted by molar-refractivity contribution is -0.496. The molecular weight excluding hydrogens is 376 g/mol. The summed E-state index contributed by atoms with van der Waals surface area (Å²) in [6.07, 6.45) is 0. The van der Waals surface area contributed by atoms with Crippen molar-refractivity contribution in [3.63, 3.8) is 0 Å². The minimum Gasteiger partial charge on any atom is -0.496 e. The minimum atomic E-state index is -0.636. The number of carbonyl (C=O) groups is 1. The van der Waals surface area contributed by atoms with Gasteiger partial charge in [0.15, 0.2) is 5.78 Å². The molecule has 27 heavy (non-hydrogen) atoms. The molecule has 0 saturated heterocycles. The molecule has 0 aliphatic rings. The first-order chi connectivity index (χ1) is 12.6. The van der Waals surface area contributed by atoms with Gasteiger partial charge < -0.3 is 4.74 Å². The number of methoxy groups -OCH3 is 1. The van der Waals surface area contributed by atoms with Crippen LogP contribution in [0.3, 0.4) is 0 Å². The van der Waals surface area contributed by atoms with Crippen LogP contribution in [-0.2, 0) is 6.54 Å². The number of carbonyl (C=O) groups excluding carboxylic acids is 1. The van der Waals surface area contributed by atoms with Crippen molar-refractivity contribution >= 4 is 23.1 Å². The number of nitrogens with zero attached hydrogens (tertiary/aromatic N) is 2. The molecule has 2 aromatic carbocycles. The first-order valence-corrected chi connectivity index (χ1v) is 8.25. The summed E-state index contributed by atoms with van der Waals surface area (Å²) in [5.74, 6) is -0.141. The minimum absolute atomic E-state index is 0.0307. The summed E-state index contributed by atoms with van der Waals surface area (Å²) in [4.78, 5) is 34.2. The van der Waals surface area contributed by atoms with Gasteiger partial charge in [-0.05, 0) is 38.0 Å². The van der Waals surface area contributed by atoms with Crippen molar-refractivity contribution in [2.24, 2.45) is 0 Å². The Bertz CT molecular complexity index is 971. The summed E-state index contributed by atoms with van der Waals surface area (Å²) >= 11 is 6.09. The molecule has 2 aromatic rings. The summed E-state index contributed by atoms with van der Waals surface area (Å²) in [5.41, 5.74) is 1.58. The Labute approximate surface area is 160 Å². The third-order valence-corrected chi connectivity index (χ3v) is 4.83. The largest absolute Gasteiger partial charge is 0.496 e. The Balaban J connectivity index is 2.81. The molecule has 0 aromatic heterocycles. The Morgan fingerprint density at radius 2 is 1.74 bits per heavy atom. The highest BCUT2D eigenvalue weighted by Gasteiger charge is 2.28. The van der Waals surface area contributed by atoms with Crippen LogP contribution in [0.15, 0.2) is 18.2 Å². The molecule has 0 spiro atoms. The number of halogens is 1. The van der Waals surface area contributed by atoms with Gasteiger partial charge in [-0.2, -0.15) is 0 Å². The normalized spacial score (nSPS) is 10.6. The van der Waals surface area contributed by atoms with E-state index in [9.17, 15) is 25.0 Å². The Hall–Kier alpha value is -3.00. The van der Waals surface area contributed by atoms with Crippen molar-refractivity contribution in [1.82, 2.24) is 0 Å². The number of nitro groups is 2. The summed E-state index contributed by atoms with van der Waals surface area (Å²) in [6.45, 7) is 4.44. The highest BCUT2D eigenvalue weighted by atomic mass is 35.5. The molecule has 0 atom stereocenters. The van der Waals surface area contributed by atoms with Crippen molar-refractivity contribution in [2.75, 3.05) is 7.11 Å². The molecule has 0 aliphatic carbocycles. The Kier molecular flexibility index (Phi) is 5.80. The quantitative estimate of drug-likeness (QED) is 0.413. The van der Waals surface area contributed by atoms with E-state index in [4.69, 9.17) is 16.3 Å². The summed E-state index contributed by atoms with van der Waals surface area (Å²) in [6, 6.07) is 3.53. The zero-order valence-corrected chi connectivity index (χ0v) is 15.9. The van der Waals surface area contributed by atoms with Gasteiger partial charge in [0.05, 0.1) is 17.1 Å². The van der Waals surface area contributed by atoms with Gasteiger partial charge in [0.1, 0.15) is 5.75 Å². The molecule has 2 rings (SSSR count). The molecule has 0 fully saturated rings. The predicted molar refractivity (Wildman–Crippen MR) is 99.4 cm³/mol. The van der Waals surface area contributed by atoms with Gasteiger partial charge in [0.25, 0.3) is 5.69 Å². The van der Waals surface area contributed by atoms with Crippen LogP contribution in [-0.4, -0.2) is 22.7 Å². The standard InChI is InChI=1S/C18H17ClN2O6/c1-9-10(2)18(27-4)11(3)14(8-20(23)24)16(9)17(22)13-7-12(21(25)26)5-6-15(13)19/h5-7H,8H2,1-4H3. The van der Waals surface area contributed by atoms with Crippen molar-refractivity contribution in [3.8, 4) is 5.75 Å². The van der Waals surface area contributed by atoms with Crippen LogP contribution >= 0.6 is 11.6 Å². The van der Waals surface area contributed by atoms with E-state index in [2.05, 4.69) is 0 Å². The number of ether oxygens (including phenoxy) is 1. The van der Waals surface area contributed by atoms with Crippen molar-refractivity contribution in [2.45, 2.75) is 27.3 Å². The van der Waals surface area contributed by atoms with E-state index in [1.165, 1.54) is 19.2 Å². The molecule has 0 aliphatic heterocycles. The predicted octanol–water partition coefficient (Wildman–Crippen LogP) is 4.19. The molecule has 0 unspecified atom stereocenters. The zero-order valence-electron chi connectivity index (χ0n) is 15.2. The van der Waals surface area contributed by atoms with Crippen molar-refractivity contribution in [3.05, 3.63) is 76.8 Å². The maximum absolute atomic E-state index is 13.2. The number of hydrogen-bond acceptors (Lipinski definition) is 6. The van der Waals surface area contributed by atoms with Crippen LogP contribution in [0.25, 0.3) is 0 Å². The molecule has 0 heterocycles. The molecule has 9 heteroatoms. The maximum Gasteiger partial charge on any atom is 0.270 e. The summed E-state index contributed by atoms with van der Waals surface area (Å²) in [5, 5.41) is 22.2. The number of non-ortho nitro benzene ring substituents is 1. The highest BCUT2D eigenvalue weighted by Crippen LogP contribution is 2.36. The van der Waals surface area contributed by atoms with Crippen LogP contribution in [0.2, 0.25) is 5.02 Å². The zero-order chi connectivity index (χ0) is 20.5. The summed E-state index contributed by atoms with van der Waals surface area (Å²) in [7, 11) is 1.45. The Morgan fingerprint density at radius 1 is 1.11 bits per heavy atom. The topological polar surface area (TPSA) is 113 Å². The van der Waals surface area contributed by atoms with Gasteiger partial charge in [-0.15, -0.1) is 0 Å². The maximum atomic E-state index is 13.2. The first-order valence-electron chi connectivity index (χ1n) is 7.87. The van der Waals surface area contributed by atoms with Crippen molar-refractivity contribution < 1.29 is 19.4 Å². The van der Waals surface area contributed by atoms with E-state index in [1.807, 2.05) is 0 Å².